The van der Waals surface area contributed by atoms with Gasteiger partial charge in [-0.15, -0.1) is 0 Å². The monoisotopic (exact) mass is 625 g/mol. The van der Waals surface area contributed by atoms with Gasteiger partial charge in [-0.25, -0.2) is 4.98 Å². The summed E-state index contributed by atoms with van der Waals surface area (Å²) in [4.78, 5) is 10.3. The molecule has 0 unspecified atom stereocenters. The summed E-state index contributed by atoms with van der Waals surface area (Å²) in [7, 11) is 0. The Kier molecular flexibility index (Phi) is 8.02. The Hall–Kier alpha value is -5.74. The van der Waals surface area contributed by atoms with Crippen LogP contribution in [0.4, 0.5) is 5.69 Å². The Balaban J connectivity index is 1.40. The van der Waals surface area contributed by atoms with Crippen LogP contribution in [-0.2, 0) is 5.41 Å². The highest BCUT2D eigenvalue weighted by molar-refractivity contribution is 5.97. The van der Waals surface area contributed by atoms with Crippen molar-refractivity contribution in [2.75, 3.05) is 0 Å². The minimum absolute atomic E-state index is 0.0508. The van der Waals surface area contributed by atoms with Crippen molar-refractivity contribution in [3.8, 4) is 45.1 Å². The predicted molar refractivity (Wildman–Crippen MR) is 201 cm³/mol. The Bertz CT molecular complexity index is 2310. The van der Waals surface area contributed by atoms with Gasteiger partial charge in [-0.1, -0.05) is 111 Å². The molecule has 0 saturated heterocycles. The Morgan fingerprint density at radius 3 is 2.17 bits per heavy atom. The van der Waals surface area contributed by atoms with Crippen molar-refractivity contribution < 1.29 is 5.11 Å². The number of phenols is 1. The fourth-order valence-electron chi connectivity index (χ4n) is 6.29. The van der Waals surface area contributed by atoms with Crippen molar-refractivity contribution in [1.29, 1.82) is 0 Å². The highest BCUT2D eigenvalue weighted by atomic mass is 16.3. The van der Waals surface area contributed by atoms with Crippen LogP contribution >= 0.6 is 0 Å². The van der Waals surface area contributed by atoms with Gasteiger partial charge in [0.05, 0.1) is 16.7 Å². The molecule has 0 radical (unpaired) electrons. The number of fused-ring (bicyclic) bond motifs is 1. The second-order valence-electron chi connectivity index (χ2n) is 13.5. The molecule has 4 heteroatoms. The molecule has 0 fully saturated rings. The molecule has 236 valence electrons. The molecular weight excluding hydrogens is 587 g/mol. The minimum atomic E-state index is -0.0508. The molecule has 48 heavy (non-hydrogen) atoms. The maximum atomic E-state index is 10.7. The number of imidazole rings is 1. The maximum absolute atomic E-state index is 10.7. The topological polar surface area (TPSA) is 50.4 Å². The van der Waals surface area contributed by atoms with Crippen LogP contribution in [0.1, 0.15) is 43.0 Å². The van der Waals surface area contributed by atoms with Crippen molar-refractivity contribution in [2.24, 2.45) is 4.99 Å². The summed E-state index contributed by atoms with van der Waals surface area (Å²) < 4.78 is 2.22. The van der Waals surface area contributed by atoms with Crippen LogP contribution in [0.25, 0.3) is 50.4 Å². The van der Waals surface area contributed by atoms with Crippen molar-refractivity contribution in [2.45, 2.75) is 40.0 Å². The van der Waals surface area contributed by atoms with E-state index in [0.717, 1.165) is 50.5 Å². The average molecular weight is 626 g/mol. The number of phenolic OH excluding ortho intramolecular Hbond substituents is 1. The molecule has 0 aliphatic carbocycles. The number of hydrogen-bond donors (Lipinski definition) is 1. The zero-order chi connectivity index (χ0) is 33.4. The lowest BCUT2D eigenvalue weighted by atomic mass is 9.86. The summed E-state index contributed by atoms with van der Waals surface area (Å²) in [5.41, 5.74) is 13.5. The number of hydrogen-bond acceptors (Lipinski definition) is 3. The number of aliphatic imine (C=N–C) groups is 1. The molecule has 0 bridgehead atoms. The normalized spacial score (nSPS) is 11.9. The first kappa shape index (κ1) is 30.9. The van der Waals surface area contributed by atoms with Crippen LogP contribution in [0.2, 0.25) is 0 Å². The third-order valence-corrected chi connectivity index (χ3v) is 8.96. The molecule has 0 saturated carbocycles. The lowest BCUT2D eigenvalue weighted by Gasteiger charge is -2.19. The van der Waals surface area contributed by atoms with E-state index in [-0.39, 0.29) is 11.2 Å². The molecule has 0 spiro atoms. The van der Waals surface area contributed by atoms with Crippen LogP contribution in [0.3, 0.4) is 0 Å². The van der Waals surface area contributed by atoms with E-state index in [2.05, 4.69) is 130 Å². The number of para-hydroxylation sites is 3. The van der Waals surface area contributed by atoms with E-state index in [0.29, 0.717) is 5.56 Å². The first-order chi connectivity index (χ1) is 23.2. The number of benzene rings is 6. The van der Waals surface area contributed by atoms with Crippen molar-refractivity contribution in [3.63, 3.8) is 0 Å². The van der Waals surface area contributed by atoms with Gasteiger partial charge in [0.1, 0.15) is 11.6 Å². The quantitative estimate of drug-likeness (QED) is 0.187. The van der Waals surface area contributed by atoms with Gasteiger partial charge in [0.15, 0.2) is 0 Å². The number of aromatic hydroxyl groups is 1. The molecule has 0 aliphatic rings. The highest BCUT2D eigenvalue weighted by Gasteiger charge is 2.20. The molecule has 1 aromatic heterocycles. The summed E-state index contributed by atoms with van der Waals surface area (Å²) in [6, 6.07) is 45.9. The summed E-state index contributed by atoms with van der Waals surface area (Å²) in [6.07, 6.45) is 1.75. The Morgan fingerprint density at radius 2 is 1.38 bits per heavy atom. The number of aryl methyl sites for hydroxylation is 2. The molecule has 7 rings (SSSR count). The van der Waals surface area contributed by atoms with Crippen molar-refractivity contribution in [1.82, 2.24) is 9.55 Å². The standard InChI is InChI=1S/C44H39N3O/c1-29-21-22-30(2)38(25-29)32-14-11-13-31(26-32)36-18-12-20-40-42(36)46-43(47(40)35-15-7-6-8-16-35)37-17-9-10-19-39(37)45-28-33-27-34(44(3,4)5)23-24-41(33)48/h6-28,48H,1-5H3. The summed E-state index contributed by atoms with van der Waals surface area (Å²) >= 11 is 0. The zero-order valence-electron chi connectivity index (χ0n) is 28.1. The predicted octanol–water partition coefficient (Wildman–Crippen LogP) is 11.4. The molecule has 0 atom stereocenters. The first-order valence-corrected chi connectivity index (χ1v) is 16.4. The molecular formula is C44H39N3O. The second kappa shape index (κ2) is 12.5. The molecule has 6 aromatic carbocycles. The average Bonchev–Trinajstić information content (AvgIpc) is 3.49. The van der Waals surface area contributed by atoms with Gasteiger partial charge in [-0.2, -0.15) is 0 Å². The Labute approximate surface area is 282 Å². The van der Waals surface area contributed by atoms with Gasteiger partial charge >= 0.3 is 0 Å². The molecule has 7 aromatic rings. The van der Waals surface area contributed by atoms with Crippen LogP contribution in [-0.4, -0.2) is 20.9 Å². The lowest BCUT2D eigenvalue weighted by molar-refractivity contribution is 0.473. The number of nitrogens with zero attached hydrogens (tertiary/aromatic N) is 3. The third kappa shape index (κ3) is 5.93. The van der Waals surface area contributed by atoms with E-state index in [1.54, 1.807) is 12.3 Å². The van der Waals surface area contributed by atoms with Gasteiger partial charge < -0.3 is 5.11 Å². The smallest absolute Gasteiger partial charge is 0.147 e. The van der Waals surface area contributed by atoms with Crippen LogP contribution in [0.5, 0.6) is 5.75 Å². The number of rotatable bonds is 6. The van der Waals surface area contributed by atoms with Gasteiger partial charge in [-0.05, 0) is 95.6 Å². The largest absolute Gasteiger partial charge is 0.507 e. The molecule has 1 heterocycles. The van der Waals surface area contributed by atoms with Crippen molar-refractivity contribution in [3.05, 3.63) is 156 Å². The zero-order valence-corrected chi connectivity index (χ0v) is 28.1. The van der Waals surface area contributed by atoms with Gasteiger partial charge in [0.25, 0.3) is 0 Å². The van der Waals surface area contributed by atoms with E-state index < -0.39 is 0 Å². The summed E-state index contributed by atoms with van der Waals surface area (Å²) in [5.74, 6) is 1.00. The highest BCUT2D eigenvalue weighted by Crippen LogP contribution is 2.39. The van der Waals surface area contributed by atoms with Gasteiger partial charge in [-0.3, -0.25) is 9.56 Å². The van der Waals surface area contributed by atoms with Gasteiger partial charge in [0.2, 0.25) is 0 Å². The van der Waals surface area contributed by atoms with Crippen LogP contribution < -0.4 is 0 Å². The van der Waals surface area contributed by atoms with E-state index in [1.165, 1.54) is 22.3 Å². The third-order valence-electron chi connectivity index (χ3n) is 8.96. The van der Waals surface area contributed by atoms with Crippen LogP contribution in [0.15, 0.2) is 138 Å². The second-order valence-corrected chi connectivity index (χ2v) is 13.5. The first-order valence-electron chi connectivity index (χ1n) is 16.4. The SMILES string of the molecule is Cc1ccc(C)c(-c2cccc(-c3cccc4c3nc(-c3ccccc3N=Cc3cc(C(C)(C)C)ccc3O)n4-c3ccccc3)c2)c1. The number of aromatic nitrogens is 2. The minimum Gasteiger partial charge on any atom is -0.507 e. The van der Waals surface area contributed by atoms with E-state index in [4.69, 9.17) is 9.98 Å². The fraction of sp³-hybridized carbons (Fsp3) is 0.136. The fourth-order valence-corrected chi connectivity index (χ4v) is 6.29. The molecule has 0 aliphatic heterocycles. The molecule has 1 N–H and O–H groups in total. The molecule has 0 amide bonds. The Morgan fingerprint density at radius 1 is 0.667 bits per heavy atom. The van der Waals surface area contributed by atoms with E-state index >= 15 is 0 Å². The van der Waals surface area contributed by atoms with E-state index in [9.17, 15) is 5.11 Å². The lowest BCUT2D eigenvalue weighted by Crippen LogP contribution is -2.11. The van der Waals surface area contributed by atoms with E-state index in [1.807, 2.05) is 36.4 Å². The maximum Gasteiger partial charge on any atom is 0.147 e. The summed E-state index contributed by atoms with van der Waals surface area (Å²) in [6.45, 7) is 10.8. The summed E-state index contributed by atoms with van der Waals surface area (Å²) in [5, 5.41) is 10.7. The molecule has 4 nitrogen and oxygen atoms in total. The van der Waals surface area contributed by atoms with Crippen LogP contribution in [0, 0.1) is 13.8 Å². The van der Waals surface area contributed by atoms with Crippen molar-refractivity contribution >= 4 is 22.9 Å². The van der Waals surface area contributed by atoms with Gasteiger partial charge in [0, 0.05) is 28.6 Å².